The van der Waals surface area contributed by atoms with Crippen LogP contribution >= 0.6 is 11.6 Å². The van der Waals surface area contributed by atoms with E-state index in [0.717, 1.165) is 0 Å². The molecule has 0 radical (unpaired) electrons. The fraction of sp³-hybridized carbons (Fsp3) is 0.0556. The minimum Gasteiger partial charge on any atom is -0.495 e. The Hall–Kier alpha value is -3.19. The summed E-state index contributed by atoms with van der Waals surface area (Å²) >= 11 is 6.02. The Morgan fingerprint density at radius 3 is 2.58 bits per heavy atom. The zero-order valence-electron chi connectivity index (χ0n) is 13.6. The number of amides is 1. The zero-order chi connectivity index (χ0) is 18.7. The second-order valence-electron chi connectivity index (χ2n) is 5.25. The number of aromatic nitrogens is 2. The molecule has 1 amide bonds. The van der Waals surface area contributed by atoms with Crippen molar-refractivity contribution in [1.82, 2.24) is 9.78 Å². The van der Waals surface area contributed by atoms with Gasteiger partial charge in [-0.15, -0.1) is 0 Å². The quantitative estimate of drug-likeness (QED) is 0.761. The van der Waals surface area contributed by atoms with Crippen LogP contribution in [0.1, 0.15) is 10.5 Å². The number of hydrogen-bond donors (Lipinski definition) is 1. The Bertz CT molecular complexity index is 1020. The monoisotopic (exact) mass is 373 g/mol. The van der Waals surface area contributed by atoms with Gasteiger partial charge >= 0.3 is 0 Å². The Labute approximate surface area is 152 Å². The molecule has 0 aliphatic heterocycles. The third kappa shape index (κ3) is 3.73. The van der Waals surface area contributed by atoms with Gasteiger partial charge in [0.15, 0.2) is 5.69 Å². The van der Waals surface area contributed by atoms with Crippen molar-refractivity contribution in [1.29, 1.82) is 0 Å². The number of methoxy groups -OCH3 is 1. The smallest absolute Gasteiger partial charge is 0.280 e. The largest absolute Gasteiger partial charge is 0.495 e. The number of benzene rings is 2. The molecule has 2 aromatic carbocycles. The lowest BCUT2D eigenvalue weighted by Gasteiger charge is -2.09. The van der Waals surface area contributed by atoms with Crippen molar-refractivity contribution < 1.29 is 13.9 Å². The number of nitrogens with zero attached hydrogens (tertiary/aromatic N) is 2. The van der Waals surface area contributed by atoms with E-state index in [1.165, 1.54) is 54.4 Å². The highest BCUT2D eigenvalue weighted by atomic mass is 35.5. The first-order chi connectivity index (χ1) is 12.5. The molecule has 0 saturated carbocycles. The molecule has 3 rings (SSSR count). The molecule has 3 aromatic rings. The summed E-state index contributed by atoms with van der Waals surface area (Å²) in [6, 6.07) is 11.4. The molecule has 1 heterocycles. The van der Waals surface area contributed by atoms with Crippen LogP contribution < -0.4 is 15.5 Å². The molecule has 1 N–H and O–H groups in total. The van der Waals surface area contributed by atoms with Crippen molar-refractivity contribution >= 4 is 23.2 Å². The van der Waals surface area contributed by atoms with Gasteiger partial charge in [-0.3, -0.25) is 9.59 Å². The molecule has 0 aliphatic rings. The van der Waals surface area contributed by atoms with Gasteiger partial charge in [-0.2, -0.15) is 5.10 Å². The average Bonchev–Trinajstić information content (AvgIpc) is 2.63. The van der Waals surface area contributed by atoms with Gasteiger partial charge in [0, 0.05) is 18.0 Å². The molecule has 0 atom stereocenters. The van der Waals surface area contributed by atoms with Crippen LogP contribution in [0.15, 0.2) is 59.5 Å². The maximum absolute atomic E-state index is 13.0. The predicted octanol–water partition coefficient (Wildman–Crippen LogP) is 3.29. The summed E-state index contributed by atoms with van der Waals surface area (Å²) in [5.74, 6) is -0.627. The number of rotatable bonds is 4. The van der Waals surface area contributed by atoms with Gasteiger partial charge in [-0.1, -0.05) is 11.6 Å². The van der Waals surface area contributed by atoms with Crippen LogP contribution in [0.25, 0.3) is 5.69 Å². The first-order valence-electron chi connectivity index (χ1n) is 7.49. The van der Waals surface area contributed by atoms with Gasteiger partial charge in [-0.25, -0.2) is 9.07 Å². The standard InChI is InChI=1S/C18H13ClFN3O3/c1-26-16-7-4-12(10-14(16)19)21-18(25)17-15(24)8-9-23(22-17)13-5-2-11(20)3-6-13/h2-10H,1H3,(H,21,25). The van der Waals surface area contributed by atoms with Crippen molar-refractivity contribution in [3.8, 4) is 11.4 Å². The molecule has 8 heteroatoms. The van der Waals surface area contributed by atoms with E-state index in [4.69, 9.17) is 16.3 Å². The third-order valence-corrected chi connectivity index (χ3v) is 3.82. The van der Waals surface area contributed by atoms with Crippen LogP contribution in [0.2, 0.25) is 5.02 Å². The molecule has 0 unspecified atom stereocenters. The van der Waals surface area contributed by atoms with Crippen LogP contribution in [0.5, 0.6) is 5.75 Å². The Balaban J connectivity index is 1.89. The van der Waals surface area contributed by atoms with E-state index < -0.39 is 17.2 Å². The highest BCUT2D eigenvalue weighted by Gasteiger charge is 2.14. The van der Waals surface area contributed by atoms with Gasteiger partial charge in [-0.05, 0) is 42.5 Å². The Kier molecular flexibility index (Phi) is 4.99. The normalized spacial score (nSPS) is 10.4. The average molecular weight is 374 g/mol. The number of carbonyl (C=O) groups excluding carboxylic acids is 1. The number of hydrogen-bond acceptors (Lipinski definition) is 4. The summed E-state index contributed by atoms with van der Waals surface area (Å²) in [7, 11) is 1.48. The number of nitrogens with one attached hydrogen (secondary N) is 1. The van der Waals surface area contributed by atoms with Crippen LogP contribution in [0.3, 0.4) is 0 Å². The van der Waals surface area contributed by atoms with E-state index in [1.807, 2.05) is 0 Å². The number of ether oxygens (including phenoxy) is 1. The van der Waals surface area contributed by atoms with Gasteiger partial charge in [0.1, 0.15) is 11.6 Å². The molecule has 26 heavy (non-hydrogen) atoms. The summed E-state index contributed by atoms with van der Waals surface area (Å²) in [6.45, 7) is 0. The van der Waals surface area contributed by atoms with Crippen molar-refractivity contribution in [3.05, 3.63) is 81.5 Å². The fourth-order valence-corrected chi connectivity index (χ4v) is 2.49. The predicted molar refractivity (Wildman–Crippen MR) is 95.7 cm³/mol. The maximum atomic E-state index is 13.0. The van der Waals surface area contributed by atoms with Crippen molar-refractivity contribution in [2.75, 3.05) is 12.4 Å². The van der Waals surface area contributed by atoms with E-state index in [0.29, 0.717) is 22.1 Å². The minimum atomic E-state index is -0.687. The van der Waals surface area contributed by atoms with E-state index in [-0.39, 0.29) is 5.69 Å². The lowest BCUT2D eigenvalue weighted by atomic mass is 10.2. The van der Waals surface area contributed by atoms with Gasteiger partial charge in [0.25, 0.3) is 5.91 Å². The van der Waals surface area contributed by atoms with E-state index >= 15 is 0 Å². The Morgan fingerprint density at radius 1 is 1.19 bits per heavy atom. The molecule has 132 valence electrons. The summed E-state index contributed by atoms with van der Waals surface area (Å²) in [6.07, 6.45) is 1.40. The highest BCUT2D eigenvalue weighted by molar-refractivity contribution is 6.32. The molecule has 6 nitrogen and oxygen atoms in total. The van der Waals surface area contributed by atoms with Gasteiger partial charge < -0.3 is 10.1 Å². The lowest BCUT2D eigenvalue weighted by Crippen LogP contribution is -2.25. The van der Waals surface area contributed by atoms with Crippen molar-refractivity contribution in [2.24, 2.45) is 0 Å². The number of carbonyl (C=O) groups is 1. The van der Waals surface area contributed by atoms with Gasteiger partial charge in [0.2, 0.25) is 5.43 Å². The first-order valence-corrected chi connectivity index (χ1v) is 7.86. The summed E-state index contributed by atoms with van der Waals surface area (Å²) in [5.41, 5.74) is 0.0522. The zero-order valence-corrected chi connectivity index (χ0v) is 14.3. The minimum absolute atomic E-state index is 0.302. The third-order valence-electron chi connectivity index (χ3n) is 3.52. The van der Waals surface area contributed by atoms with E-state index in [1.54, 1.807) is 12.1 Å². The lowest BCUT2D eigenvalue weighted by molar-refractivity contribution is 0.101. The van der Waals surface area contributed by atoms with Crippen LogP contribution in [-0.2, 0) is 0 Å². The molecule has 0 spiro atoms. The molecule has 0 saturated heterocycles. The fourth-order valence-electron chi connectivity index (χ4n) is 2.24. The maximum Gasteiger partial charge on any atom is 0.280 e. The topological polar surface area (TPSA) is 73.2 Å². The van der Waals surface area contributed by atoms with Crippen molar-refractivity contribution in [2.45, 2.75) is 0 Å². The molecule has 1 aromatic heterocycles. The van der Waals surface area contributed by atoms with Gasteiger partial charge in [0.05, 0.1) is 17.8 Å². The SMILES string of the molecule is COc1ccc(NC(=O)c2nn(-c3ccc(F)cc3)ccc2=O)cc1Cl. The van der Waals surface area contributed by atoms with E-state index in [9.17, 15) is 14.0 Å². The summed E-state index contributed by atoms with van der Waals surface area (Å²) < 4.78 is 19.4. The second kappa shape index (κ2) is 7.37. The summed E-state index contributed by atoms with van der Waals surface area (Å²) in [5, 5.41) is 6.92. The van der Waals surface area contributed by atoms with Crippen molar-refractivity contribution in [3.63, 3.8) is 0 Å². The number of anilines is 1. The summed E-state index contributed by atoms with van der Waals surface area (Å²) in [4.78, 5) is 24.4. The molecular formula is C18H13ClFN3O3. The molecule has 0 bridgehead atoms. The second-order valence-corrected chi connectivity index (χ2v) is 5.66. The first kappa shape index (κ1) is 17.6. The highest BCUT2D eigenvalue weighted by Crippen LogP contribution is 2.27. The van der Waals surface area contributed by atoms with Crippen LogP contribution in [0, 0.1) is 5.82 Å². The number of halogens is 2. The van der Waals surface area contributed by atoms with Crippen LogP contribution in [-0.4, -0.2) is 22.8 Å². The molecular weight excluding hydrogens is 361 g/mol. The van der Waals surface area contributed by atoms with Crippen LogP contribution in [0.4, 0.5) is 10.1 Å². The Morgan fingerprint density at radius 2 is 1.92 bits per heavy atom. The molecule has 0 fully saturated rings. The van der Waals surface area contributed by atoms with E-state index in [2.05, 4.69) is 10.4 Å². The molecule has 0 aliphatic carbocycles.